The summed E-state index contributed by atoms with van der Waals surface area (Å²) in [6, 6.07) is 4.73. The van der Waals surface area contributed by atoms with E-state index < -0.39 is 0 Å². The predicted octanol–water partition coefficient (Wildman–Crippen LogP) is 2.78. The van der Waals surface area contributed by atoms with Crippen LogP contribution < -0.4 is 10.2 Å². The van der Waals surface area contributed by atoms with Gasteiger partial charge in [0, 0.05) is 30.9 Å². The van der Waals surface area contributed by atoms with Crippen LogP contribution in [0.3, 0.4) is 0 Å². The maximum absolute atomic E-state index is 4.50. The molecule has 1 saturated heterocycles. The number of fused-ring (bicyclic) bond motifs is 1. The summed E-state index contributed by atoms with van der Waals surface area (Å²) >= 11 is 0. The molecular formula is C19H26N6. The number of aromatic nitrogens is 4. The van der Waals surface area contributed by atoms with Crippen molar-refractivity contribution in [3.05, 3.63) is 35.4 Å². The van der Waals surface area contributed by atoms with Crippen LogP contribution in [0.5, 0.6) is 0 Å². The Morgan fingerprint density at radius 1 is 1.08 bits per heavy atom. The molecule has 2 aromatic heterocycles. The van der Waals surface area contributed by atoms with Crippen molar-refractivity contribution in [2.75, 3.05) is 23.3 Å². The van der Waals surface area contributed by atoms with Crippen molar-refractivity contribution in [3.63, 3.8) is 0 Å². The van der Waals surface area contributed by atoms with Crippen LogP contribution in [0.1, 0.15) is 43.1 Å². The smallest absolute Gasteiger partial charge is 0.151 e. The summed E-state index contributed by atoms with van der Waals surface area (Å²) in [6.07, 6.45) is 7.24. The van der Waals surface area contributed by atoms with Gasteiger partial charge in [0.15, 0.2) is 5.82 Å². The largest absolute Gasteiger partial charge is 0.367 e. The van der Waals surface area contributed by atoms with Crippen molar-refractivity contribution in [1.82, 2.24) is 20.2 Å². The molecule has 0 radical (unpaired) electrons. The van der Waals surface area contributed by atoms with E-state index in [1.165, 1.54) is 17.7 Å². The van der Waals surface area contributed by atoms with E-state index in [9.17, 15) is 0 Å². The first-order valence-corrected chi connectivity index (χ1v) is 9.33. The molecule has 6 heteroatoms. The quantitative estimate of drug-likeness (QED) is 0.928. The van der Waals surface area contributed by atoms with Gasteiger partial charge in [0.25, 0.3) is 0 Å². The number of piperidine rings is 1. The highest BCUT2D eigenvalue weighted by Crippen LogP contribution is 2.27. The molecule has 0 saturated carbocycles. The third-order valence-corrected chi connectivity index (χ3v) is 5.36. The summed E-state index contributed by atoms with van der Waals surface area (Å²) in [5.41, 5.74) is 3.60. The van der Waals surface area contributed by atoms with Gasteiger partial charge in [-0.25, -0.2) is 9.97 Å². The van der Waals surface area contributed by atoms with E-state index in [0.717, 1.165) is 62.0 Å². The lowest BCUT2D eigenvalue weighted by molar-refractivity contribution is 0.486. The van der Waals surface area contributed by atoms with Crippen LogP contribution in [0.4, 0.5) is 11.6 Å². The van der Waals surface area contributed by atoms with Crippen molar-refractivity contribution in [2.45, 2.75) is 52.0 Å². The van der Waals surface area contributed by atoms with Crippen molar-refractivity contribution in [2.24, 2.45) is 5.92 Å². The summed E-state index contributed by atoms with van der Waals surface area (Å²) in [5.74, 6) is 2.73. The molecule has 1 unspecified atom stereocenters. The van der Waals surface area contributed by atoms with E-state index in [4.69, 9.17) is 0 Å². The second-order valence-corrected chi connectivity index (χ2v) is 7.47. The predicted molar refractivity (Wildman–Crippen MR) is 98.8 cm³/mol. The zero-order valence-electron chi connectivity index (χ0n) is 15.1. The molecule has 1 N–H and O–H groups in total. The minimum absolute atomic E-state index is 0.455. The summed E-state index contributed by atoms with van der Waals surface area (Å²) in [4.78, 5) is 10.8. The van der Waals surface area contributed by atoms with Crippen LogP contribution in [0.2, 0.25) is 0 Å². The lowest BCUT2D eigenvalue weighted by Crippen LogP contribution is -2.40. The van der Waals surface area contributed by atoms with Crippen LogP contribution in [0.25, 0.3) is 0 Å². The molecule has 6 nitrogen and oxygen atoms in total. The average molecular weight is 338 g/mol. The fourth-order valence-corrected chi connectivity index (χ4v) is 3.84. The number of aryl methyl sites for hydroxylation is 2. The zero-order chi connectivity index (χ0) is 17.2. The van der Waals surface area contributed by atoms with Crippen LogP contribution >= 0.6 is 0 Å². The van der Waals surface area contributed by atoms with Crippen molar-refractivity contribution in [1.29, 1.82) is 0 Å². The van der Waals surface area contributed by atoms with E-state index in [2.05, 4.69) is 43.4 Å². The first-order valence-electron chi connectivity index (χ1n) is 9.33. The van der Waals surface area contributed by atoms with Crippen LogP contribution in [0.15, 0.2) is 18.5 Å². The lowest BCUT2D eigenvalue weighted by Gasteiger charge is -2.33. The van der Waals surface area contributed by atoms with Gasteiger partial charge in [-0.15, -0.1) is 5.10 Å². The molecule has 1 atom stereocenters. The average Bonchev–Trinajstić information content (AvgIpc) is 2.62. The van der Waals surface area contributed by atoms with Crippen molar-refractivity contribution in [3.8, 4) is 0 Å². The SMILES string of the molecule is Cc1cc(NC2CCN(c3cc4c(nn3)CCC(C)C4)CC2)ncn1. The molecule has 0 aromatic carbocycles. The normalized spacial score (nSPS) is 21.0. The molecule has 0 spiro atoms. The van der Waals surface area contributed by atoms with Gasteiger partial charge in [-0.05, 0) is 56.6 Å². The van der Waals surface area contributed by atoms with E-state index in [1.54, 1.807) is 6.33 Å². The molecule has 2 aromatic rings. The monoisotopic (exact) mass is 338 g/mol. The summed E-state index contributed by atoms with van der Waals surface area (Å²) in [5, 5.41) is 12.5. The number of nitrogens with one attached hydrogen (secondary N) is 1. The molecule has 3 heterocycles. The Hall–Kier alpha value is -2.24. The van der Waals surface area contributed by atoms with Gasteiger partial charge >= 0.3 is 0 Å². The fourth-order valence-electron chi connectivity index (χ4n) is 3.84. The Bertz CT molecular complexity index is 738. The first kappa shape index (κ1) is 16.2. The van der Waals surface area contributed by atoms with E-state index in [0.29, 0.717) is 6.04 Å². The lowest BCUT2D eigenvalue weighted by atomic mass is 9.88. The summed E-state index contributed by atoms with van der Waals surface area (Å²) in [7, 11) is 0. The minimum Gasteiger partial charge on any atom is -0.367 e. The number of nitrogens with zero attached hydrogens (tertiary/aromatic N) is 5. The van der Waals surface area contributed by atoms with Crippen LogP contribution in [0, 0.1) is 12.8 Å². The topological polar surface area (TPSA) is 66.8 Å². The summed E-state index contributed by atoms with van der Waals surface area (Å²) < 4.78 is 0. The Morgan fingerprint density at radius 2 is 1.92 bits per heavy atom. The van der Waals surface area contributed by atoms with E-state index >= 15 is 0 Å². The Morgan fingerprint density at radius 3 is 2.72 bits per heavy atom. The Labute approximate surface area is 149 Å². The van der Waals surface area contributed by atoms with Gasteiger partial charge in [-0.1, -0.05) is 6.92 Å². The zero-order valence-corrected chi connectivity index (χ0v) is 15.1. The van der Waals surface area contributed by atoms with Crippen molar-refractivity contribution >= 4 is 11.6 Å². The Kier molecular flexibility index (Phi) is 4.51. The van der Waals surface area contributed by atoms with Crippen molar-refractivity contribution < 1.29 is 0 Å². The molecule has 0 amide bonds. The van der Waals surface area contributed by atoms with Gasteiger partial charge in [-0.2, -0.15) is 5.10 Å². The van der Waals surface area contributed by atoms with Gasteiger partial charge in [-0.3, -0.25) is 0 Å². The third kappa shape index (κ3) is 3.72. The second kappa shape index (κ2) is 6.94. The first-order chi connectivity index (χ1) is 12.2. The third-order valence-electron chi connectivity index (χ3n) is 5.36. The maximum Gasteiger partial charge on any atom is 0.151 e. The highest BCUT2D eigenvalue weighted by Gasteiger charge is 2.23. The number of hydrogen-bond acceptors (Lipinski definition) is 6. The molecule has 1 fully saturated rings. The standard InChI is InChI=1S/C19H26N6/c1-13-3-4-17-15(9-13)11-19(24-23-17)25-7-5-16(6-8-25)22-18-10-14(2)20-12-21-18/h10-13,16H,3-9H2,1-2H3,(H,20,21,22). The highest BCUT2D eigenvalue weighted by molar-refractivity contribution is 5.43. The fraction of sp³-hybridized carbons (Fsp3) is 0.579. The number of hydrogen-bond donors (Lipinski definition) is 1. The molecule has 1 aliphatic carbocycles. The second-order valence-electron chi connectivity index (χ2n) is 7.47. The highest BCUT2D eigenvalue weighted by atomic mass is 15.3. The van der Waals surface area contributed by atoms with Gasteiger partial charge in [0.05, 0.1) is 5.69 Å². The summed E-state index contributed by atoms with van der Waals surface area (Å²) in [6.45, 7) is 6.33. The molecule has 4 rings (SSSR count). The van der Waals surface area contributed by atoms with E-state index in [1.807, 2.05) is 13.0 Å². The van der Waals surface area contributed by atoms with Crippen LogP contribution in [-0.2, 0) is 12.8 Å². The molecule has 25 heavy (non-hydrogen) atoms. The molecule has 132 valence electrons. The van der Waals surface area contributed by atoms with E-state index in [-0.39, 0.29) is 0 Å². The minimum atomic E-state index is 0.455. The Balaban J connectivity index is 1.38. The van der Waals surface area contributed by atoms with Crippen LogP contribution in [-0.4, -0.2) is 39.3 Å². The maximum atomic E-state index is 4.50. The molecule has 1 aliphatic heterocycles. The van der Waals surface area contributed by atoms with Gasteiger partial charge in [0.2, 0.25) is 0 Å². The van der Waals surface area contributed by atoms with Gasteiger partial charge < -0.3 is 10.2 Å². The number of rotatable bonds is 3. The van der Waals surface area contributed by atoms with Gasteiger partial charge in [0.1, 0.15) is 12.1 Å². The number of anilines is 2. The molecule has 0 bridgehead atoms. The molecule has 2 aliphatic rings. The molecular weight excluding hydrogens is 312 g/mol.